The highest BCUT2D eigenvalue weighted by molar-refractivity contribution is 6.09. The van der Waals surface area contributed by atoms with Crippen molar-refractivity contribution in [3.63, 3.8) is 0 Å². The molecule has 1 nitrogen and oxygen atoms in total. The minimum Gasteiger partial charge on any atom is -0.289 e. The first-order valence-corrected chi connectivity index (χ1v) is 6.60. The summed E-state index contributed by atoms with van der Waals surface area (Å²) in [5, 5.41) is 0. The second kappa shape index (κ2) is 5.00. The Kier molecular flexibility index (Phi) is 3.57. The lowest BCUT2D eigenvalue weighted by Crippen LogP contribution is -2.04. The lowest BCUT2D eigenvalue weighted by molar-refractivity contribution is 0.103. The number of rotatable bonds is 2. The van der Waals surface area contributed by atoms with Gasteiger partial charge in [-0.05, 0) is 80.6 Å². The first kappa shape index (κ1) is 13.5. The van der Waals surface area contributed by atoms with E-state index in [9.17, 15) is 4.79 Å². The van der Waals surface area contributed by atoms with Gasteiger partial charge in [0.1, 0.15) is 0 Å². The first-order valence-electron chi connectivity index (χ1n) is 6.60. The number of benzene rings is 2. The molecule has 0 saturated carbocycles. The Morgan fingerprint density at radius 1 is 0.684 bits per heavy atom. The van der Waals surface area contributed by atoms with Gasteiger partial charge in [0.05, 0.1) is 0 Å². The van der Waals surface area contributed by atoms with Crippen LogP contribution >= 0.6 is 0 Å². The molecule has 0 aliphatic rings. The van der Waals surface area contributed by atoms with Gasteiger partial charge in [0, 0.05) is 11.1 Å². The number of carbonyl (C=O) groups excluding carboxylic acids is 1. The quantitative estimate of drug-likeness (QED) is 0.721. The van der Waals surface area contributed by atoms with Gasteiger partial charge in [0.2, 0.25) is 0 Å². The molecule has 0 saturated heterocycles. The van der Waals surface area contributed by atoms with Crippen LogP contribution in [0.1, 0.15) is 43.7 Å². The van der Waals surface area contributed by atoms with Gasteiger partial charge in [-0.3, -0.25) is 4.79 Å². The molecule has 98 valence electrons. The van der Waals surface area contributed by atoms with Gasteiger partial charge in [-0.25, -0.2) is 0 Å². The summed E-state index contributed by atoms with van der Waals surface area (Å²) in [7, 11) is 0. The van der Waals surface area contributed by atoms with Crippen LogP contribution in [-0.4, -0.2) is 5.78 Å². The third-order valence-corrected chi connectivity index (χ3v) is 3.96. The summed E-state index contributed by atoms with van der Waals surface area (Å²) in [6.07, 6.45) is 0. The van der Waals surface area contributed by atoms with Crippen LogP contribution < -0.4 is 0 Å². The van der Waals surface area contributed by atoms with Crippen LogP contribution in [0.2, 0.25) is 0 Å². The first-order chi connectivity index (χ1) is 8.90. The van der Waals surface area contributed by atoms with E-state index in [1.807, 2.05) is 37.3 Å². The van der Waals surface area contributed by atoms with Crippen LogP contribution in [0.15, 0.2) is 30.3 Å². The number of aryl methyl sites for hydroxylation is 4. The molecule has 0 atom stereocenters. The van der Waals surface area contributed by atoms with Crippen molar-refractivity contribution in [1.82, 2.24) is 0 Å². The Hall–Kier alpha value is -1.89. The van der Waals surface area contributed by atoms with E-state index in [1.165, 1.54) is 22.3 Å². The molecule has 1 heteroatoms. The zero-order valence-corrected chi connectivity index (χ0v) is 12.3. The SMILES string of the molecule is Cc1ccc(C(=O)c2cc(C)c(C)c(C)c2)cc1C. The highest BCUT2D eigenvalue weighted by Gasteiger charge is 2.12. The highest BCUT2D eigenvalue weighted by atomic mass is 16.1. The predicted molar refractivity (Wildman–Crippen MR) is 80.0 cm³/mol. The maximum atomic E-state index is 12.5. The largest absolute Gasteiger partial charge is 0.289 e. The van der Waals surface area contributed by atoms with Crippen molar-refractivity contribution in [2.45, 2.75) is 34.6 Å². The topological polar surface area (TPSA) is 17.1 Å². The fourth-order valence-corrected chi connectivity index (χ4v) is 2.22. The van der Waals surface area contributed by atoms with Crippen molar-refractivity contribution in [1.29, 1.82) is 0 Å². The minimum absolute atomic E-state index is 0.106. The van der Waals surface area contributed by atoms with E-state index in [2.05, 4.69) is 27.7 Å². The fraction of sp³-hybridized carbons (Fsp3) is 0.278. The van der Waals surface area contributed by atoms with Crippen LogP contribution in [0, 0.1) is 34.6 Å². The monoisotopic (exact) mass is 252 g/mol. The van der Waals surface area contributed by atoms with Crippen LogP contribution in [0.3, 0.4) is 0 Å². The third-order valence-electron chi connectivity index (χ3n) is 3.96. The lowest BCUT2D eigenvalue weighted by atomic mass is 9.94. The van der Waals surface area contributed by atoms with E-state index >= 15 is 0 Å². The molecule has 0 spiro atoms. The van der Waals surface area contributed by atoms with E-state index in [0.717, 1.165) is 16.7 Å². The van der Waals surface area contributed by atoms with Crippen molar-refractivity contribution in [2.75, 3.05) is 0 Å². The Labute approximate surface area is 115 Å². The second-order valence-corrected chi connectivity index (χ2v) is 5.36. The molecule has 0 unspecified atom stereocenters. The number of hydrogen-bond donors (Lipinski definition) is 0. The van der Waals surface area contributed by atoms with Crippen molar-refractivity contribution in [3.05, 3.63) is 69.3 Å². The van der Waals surface area contributed by atoms with Crippen LogP contribution in [0.4, 0.5) is 0 Å². The number of ketones is 1. The molecule has 0 N–H and O–H groups in total. The van der Waals surface area contributed by atoms with E-state index < -0.39 is 0 Å². The molecule has 0 amide bonds. The van der Waals surface area contributed by atoms with Gasteiger partial charge in [0.25, 0.3) is 0 Å². The summed E-state index contributed by atoms with van der Waals surface area (Å²) in [5.74, 6) is 0.106. The van der Waals surface area contributed by atoms with Gasteiger partial charge in [-0.15, -0.1) is 0 Å². The molecule has 2 aromatic rings. The average Bonchev–Trinajstić information content (AvgIpc) is 2.37. The van der Waals surface area contributed by atoms with Gasteiger partial charge >= 0.3 is 0 Å². The molecule has 0 fully saturated rings. The summed E-state index contributed by atoms with van der Waals surface area (Å²) in [6, 6.07) is 9.87. The fourth-order valence-electron chi connectivity index (χ4n) is 2.22. The second-order valence-electron chi connectivity index (χ2n) is 5.36. The van der Waals surface area contributed by atoms with Crippen LogP contribution in [-0.2, 0) is 0 Å². The van der Waals surface area contributed by atoms with Gasteiger partial charge in [-0.2, -0.15) is 0 Å². The van der Waals surface area contributed by atoms with Crippen molar-refractivity contribution < 1.29 is 4.79 Å². The normalized spacial score (nSPS) is 10.6. The molecule has 0 radical (unpaired) electrons. The third kappa shape index (κ3) is 2.60. The smallest absolute Gasteiger partial charge is 0.193 e. The summed E-state index contributed by atoms with van der Waals surface area (Å²) in [4.78, 5) is 12.5. The zero-order chi connectivity index (χ0) is 14.2. The summed E-state index contributed by atoms with van der Waals surface area (Å²) < 4.78 is 0. The predicted octanol–water partition coefficient (Wildman–Crippen LogP) is 4.46. The average molecular weight is 252 g/mol. The molecule has 0 aliphatic heterocycles. The molecule has 0 aromatic heterocycles. The molecule has 0 bridgehead atoms. The lowest BCUT2D eigenvalue weighted by Gasteiger charge is -2.09. The Morgan fingerprint density at radius 2 is 1.21 bits per heavy atom. The number of hydrogen-bond acceptors (Lipinski definition) is 1. The highest BCUT2D eigenvalue weighted by Crippen LogP contribution is 2.19. The molecular weight excluding hydrogens is 232 g/mol. The minimum atomic E-state index is 0.106. The zero-order valence-electron chi connectivity index (χ0n) is 12.3. The molecule has 2 aromatic carbocycles. The summed E-state index contributed by atoms with van der Waals surface area (Å²) in [6.45, 7) is 10.3. The van der Waals surface area contributed by atoms with E-state index in [4.69, 9.17) is 0 Å². The van der Waals surface area contributed by atoms with E-state index in [-0.39, 0.29) is 5.78 Å². The van der Waals surface area contributed by atoms with Gasteiger partial charge in [-0.1, -0.05) is 12.1 Å². The molecule has 2 rings (SSSR count). The molecule has 0 heterocycles. The van der Waals surface area contributed by atoms with Crippen LogP contribution in [0.5, 0.6) is 0 Å². The standard InChI is InChI=1S/C18H20O/c1-11-6-7-16(8-12(11)2)18(19)17-9-13(3)15(5)14(4)10-17/h6-10H,1-5H3. The maximum Gasteiger partial charge on any atom is 0.193 e. The molecular formula is C18H20O. The molecule has 0 aliphatic carbocycles. The van der Waals surface area contributed by atoms with Crippen molar-refractivity contribution in [3.8, 4) is 0 Å². The summed E-state index contributed by atoms with van der Waals surface area (Å²) in [5.41, 5.74) is 7.53. The van der Waals surface area contributed by atoms with E-state index in [0.29, 0.717) is 0 Å². The van der Waals surface area contributed by atoms with Crippen molar-refractivity contribution >= 4 is 5.78 Å². The summed E-state index contributed by atoms with van der Waals surface area (Å²) >= 11 is 0. The van der Waals surface area contributed by atoms with Crippen LogP contribution in [0.25, 0.3) is 0 Å². The van der Waals surface area contributed by atoms with Gasteiger partial charge < -0.3 is 0 Å². The Balaban J connectivity index is 2.47. The van der Waals surface area contributed by atoms with Gasteiger partial charge in [0.15, 0.2) is 5.78 Å². The van der Waals surface area contributed by atoms with Crippen molar-refractivity contribution in [2.24, 2.45) is 0 Å². The Bertz CT molecular complexity index is 628. The van der Waals surface area contributed by atoms with E-state index in [1.54, 1.807) is 0 Å². The number of carbonyl (C=O) groups is 1. The Morgan fingerprint density at radius 3 is 1.74 bits per heavy atom. The maximum absolute atomic E-state index is 12.5. The molecule has 19 heavy (non-hydrogen) atoms.